The molecule has 0 saturated carbocycles. The lowest BCUT2D eigenvalue weighted by Gasteiger charge is -1.71. The van der Waals surface area contributed by atoms with Crippen molar-refractivity contribution < 1.29 is 0 Å². The molecule has 0 rings (SSSR count). The number of allylic oxidation sites excluding steroid dienone is 2. The third kappa shape index (κ3) is 4.06. The van der Waals surface area contributed by atoms with Gasteiger partial charge in [0.15, 0.2) is 0 Å². The van der Waals surface area contributed by atoms with Gasteiger partial charge in [0.1, 0.15) is 0 Å². The van der Waals surface area contributed by atoms with Crippen molar-refractivity contribution in [3.63, 3.8) is 0 Å². The van der Waals surface area contributed by atoms with Gasteiger partial charge in [-0.1, -0.05) is 29.8 Å². The van der Waals surface area contributed by atoms with Crippen molar-refractivity contribution in [1.29, 1.82) is 0 Å². The molecule has 6 heavy (non-hydrogen) atoms. The Morgan fingerprint density at radius 2 is 2.17 bits per heavy atom. The molecule has 0 atom stereocenters. The molecule has 0 heterocycles. The zero-order chi connectivity index (χ0) is 4.99. The largest absolute Gasteiger partial charge is 0.0929 e. The average Bonchev–Trinajstić information content (AvgIpc) is 1.35. The SMILES string of the molecule is C=C(Cl)C=CCl. The van der Waals surface area contributed by atoms with Crippen LogP contribution in [0.3, 0.4) is 0 Å². The number of rotatable bonds is 1. The van der Waals surface area contributed by atoms with Gasteiger partial charge in [0.2, 0.25) is 0 Å². The molecule has 0 aliphatic carbocycles. The minimum Gasteiger partial charge on any atom is -0.0929 e. The van der Waals surface area contributed by atoms with Gasteiger partial charge in [-0.3, -0.25) is 0 Å². The molecular weight excluding hydrogens is 119 g/mol. The van der Waals surface area contributed by atoms with E-state index >= 15 is 0 Å². The standard InChI is InChI=1S/C4H4Cl2/c1-4(6)2-3-5/h2-3H,1H2. The Bertz CT molecular complexity index is 73.6. The lowest BCUT2D eigenvalue weighted by molar-refractivity contribution is 2.01. The van der Waals surface area contributed by atoms with Crippen LogP contribution in [0.25, 0.3) is 0 Å². The topological polar surface area (TPSA) is 0 Å². The smallest absolute Gasteiger partial charge is 0.0342 e. The van der Waals surface area contributed by atoms with E-state index in [1.54, 1.807) is 0 Å². The van der Waals surface area contributed by atoms with Crippen molar-refractivity contribution in [2.24, 2.45) is 0 Å². The number of hydrogen-bond donors (Lipinski definition) is 0. The Hall–Kier alpha value is 0.0600. The molecule has 0 aliphatic rings. The quantitative estimate of drug-likeness (QED) is 0.470. The second-order valence-corrected chi connectivity index (χ2v) is 1.48. The fraction of sp³-hybridized carbons (Fsp3) is 0. The molecule has 0 aliphatic heterocycles. The lowest BCUT2D eigenvalue weighted by atomic mass is 10.6. The molecule has 0 nitrogen and oxygen atoms in total. The summed E-state index contributed by atoms with van der Waals surface area (Å²) >= 11 is 10.3. The van der Waals surface area contributed by atoms with Crippen LogP contribution >= 0.6 is 23.2 Å². The Morgan fingerprint density at radius 3 is 2.17 bits per heavy atom. The minimum atomic E-state index is 0.449. The van der Waals surface area contributed by atoms with E-state index in [0.717, 1.165) is 0 Å². The molecule has 0 aromatic heterocycles. The molecule has 0 unspecified atom stereocenters. The molecule has 34 valence electrons. The van der Waals surface area contributed by atoms with Crippen LogP contribution in [0.15, 0.2) is 23.2 Å². The predicted octanol–water partition coefficient (Wildman–Crippen LogP) is 2.49. The summed E-state index contributed by atoms with van der Waals surface area (Å²) in [5, 5.41) is 0.449. The van der Waals surface area contributed by atoms with Crippen molar-refractivity contribution in [3.8, 4) is 0 Å². The normalized spacial score (nSPS) is 9.67. The van der Waals surface area contributed by atoms with Gasteiger partial charge in [0, 0.05) is 10.6 Å². The van der Waals surface area contributed by atoms with Crippen LogP contribution in [-0.2, 0) is 0 Å². The van der Waals surface area contributed by atoms with Crippen LogP contribution < -0.4 is 0 Å². The van der Waals surface area contributed by atoms with E-state index in [2.05, 4.69) is 6.58 Å². The van der Waals surface area contributed by atoms with Gasteiger partial charge in [-0.05, 0) is 6.08 Å². The average molecular weight is 123 g/mol. The third-order valence-electron chi connectivity index (χ3n) is 0.244. The first-order valence-corrected chi connectivity index (χ1v) is 2.20. The summed E-state index contributed by atoms with van der Waals surface area (Å²) in [4.78, 5) is 0. The van der Waals surface area contributed by atoms with Crippen molar-refractivity contribution in [3.05, 3.63) is 23.2 Å². The van der Waals surface area contributed by atoms with Gasteiger partial charge in [-0.25, -0.2) is 0 Å². The second kappa shape index (κ2) is 3.26. The summed E-state index contributed by atoms with van der Waals surface area (Å²) in [5.41, 5.74) is 1.31. The molecular formula is C4H4Cl2. The maximum absolute atomic E-state index is 5.21. The fourth-order valence-corrected chi connectivity index (χ4v) is 0.348. The highest BCUT2D eigenvalue weighted by Gasteiger charge is 1.68. The number of hydrogen-bond acceptors (Lipinski definition) is 0. The van der Waals surface area contributed by atoms with Gasteiger partial charge in [-0.2, -0.15) is 0 Å². The highest BCUT2D eigenvalue weighted by molar-refractivity contribution is 6.32. The summed E-state index contributed by atoms with van der Waals surface area (Å²) in [6, 6.07) is 0. The molecule has 0 bridgehead atoms. The van der Waals surface area contributed by atoms with E-state index in [-0.39, 0.29) is 0 Å². The summed E-state index contributed by atoms with van der Waals surface area (Å²) < 4.78 is 0. The molecule has 0 amide bonds. The Balaban J connectivity index is 3.30. The van der Waals surface area contributed by atoms with E-state index in [0.29, 0.717) is 5.03 Å². The molecule has 0 saturated heterocycles. The first-order valence-electron chi connectivity index (χ1n) is 1.38. The highest BCUT2D eigenvalue weighted by Crippen LogP contribution is 1.97. The van der Waals surface area contributed by atoms with Crippen molar-refractivity contribution in [2.75, 3.05) is 0 Å². The van der Waals surface area contributed by atoms with Crippen molar-refractivity contribution in [1.82, 2.24) is 0 Å². The van der Waals surface area contributed by atoms with Gasteiger partial charge in [0.05, 0.1) is 0 Å². The van der Waals surface area contributed by atoms with Gasteiger partial charge < -0.3 is 0 Å². The molecule has 0 aromatic carbocycles. The molecule has 0 radical (unpaired) electrons. The summed E-state index contributed by atoms with van der Waals surface area (Å²) in [6.07, 6.45) is 1.50. The lowest BCUT2D eigenvalue weighted by Crippen LogP contribution is -1.46. The van der Waals surface area contributed by atoms with Crippen LogP contribution in [0.1, 0.15) is 0 Å². The zero-order valence-electron chi connectivity index (χ0n) is 3.12. The maximum atomic E-state index is 5.21. The van der Waals surface area contributed by atoms with E-state index in [1.807, 2.05) is 0 Å². The van der Waals surface area contributed by atoms with Crippen molar-refractivity contribution in [2.45, 2.75) is 0 Å². The molecule has 0 N–H and O–H groups in total. The third-order valence-corrected chi connectivity index (χ3v) is 0.496. The Kier molecular flexibility index (Phi) is 3.29. The molecule has 0 aromatic rings. The first-order chi connectivity index (χ1) is 2.77. The number of halogens is 2. The first kappa shape index (κ1) is 6.06. The van der Waals surface area contributed by atoms with Crippen LogP contribution in [0.4, 0.5) is 0 Å². The van der Waals surface area contributed by atoms with Crippen LogP contribution in [0, 0.1) is 0 Å². The zero-order valence-corrected chi connectivity index (χ0v) is 4.63. The Morgan fingerprint density at radius 1 is 1.67 bits per heavy atom. The van der Waals surface area contributed by atoms with E-state index in [4.69, 9.17) is 23.2 Å². The molecule has 2 heteroatoms. The van der Waals surface area contributed by atoms with Gasteiger partial charge in [0.25, 0.3) is 0 Å². The molecule has 0 spiro atoms. The fourth-order valence-electron chi connectivity index (χ4n) is 0.0684. The van der Waals surface area contributed by atoms with E-state index < -0.39 is 0 Å². The maximum Gasteiger partial charge on any atom is 0.0342 e. The molecule has 0 fully saturated rings. The second-order valence-electron chi connectivity index (χ2n) is 0.740. The summed E-state index contributed by atoms with van der Waals surface area (Å²) in [7, 11) is 0. The van der Waals surface area contributed by atoms with Gasteiger partial charge in [-0.15, -0.1) is 0 Å². The van der Waals surface area contributed by atoms with E-state index in [9.17, 15) is 0 Å². The monoisotopic (exact) mass is 122 g/mol. The summed E-state index contributed by atoms with van der Waals surface area (Å²) in [6.45, 7) is 3.34. The van der Waals surface area contributed by atoms with E-state index in [1.165, 1.54) is 11.6 Å². The van der Waals surface area contributed by atoms with Crippen LogP contribution in [0.5, 0.6) is 0 Å². The highest BCUT2D eigenvalue weighted by atomic mass is 35.5. The Labute approximate surface area is 47.1 Å². The predicted molar refractivity (Wildman–Crippen MR) is 30.0 cm³/mol. The van der Waals surface area contributed by atoms with Crippen molar-refractivity contribution >= 4 is 23.2 Å². The van der Waals surface area contributed by atoms with Crippen LogP contribution in [0.2, 0.25) is 0 Å². The van der Waals surface area contributed by atoms with Gasteiger partial charge >= 0.3 is 0 Å². The van der Waals surface area contributed by atoms with Crippen LogP contribution in [-0.4, -0.2) is 0 Å². The minimum absolute atomic E-state index is 0.449. The summed E-state index contributed by atoms with van der Waals surface area (Å²) in [5.74, 6) is 0.